The lowest BCUT2D eigenvalue weighted by Crippen LogP contribution is -2.65. The third kappa shape index (κ3) is 3.44. The fraction of sp³-hybridized carbons (Fsp3) is 0.370. The number of benzene rings is 2. The van der Waals surface area contributed by atoms with Crippen molar-refractivity contribution in [2.45, 2.75) is 51.7 Å². The minimum Gasteiger partial charge on any atom is -0.851 e. The molecule has 0 saturated heterocycles. The molecule has 34 heavy (non-hydrogen) atoms. The second-order valence-corrected chi connectivity index (χ2v) is 9.99. The van der Waals surface area contributed by atoms with Gasteiger partial charge in [-0.3, -0.25) is 9.89 Å². The van der Waals surface area contributed by atoms with E-state index < -0.39 is 24.0 Å². The van der Waals surface area contributed by atoms with Gasteiger partial charge in [-0.1, -0.05) is 57.2 Å². The summed E-state index contributed by atoms with van der Waals surface area (Å²) in [4.78, 5) is 15.2. The maximum atomic E-state index is 13.3. The Hall–Kier alpha value is -2.80. The Morgan fingerprint density at radius 3 is 2.38 bits per heavy atom. The third-order valence-corrected chi connectivity index (χ3v) is 7.51. The molecule has 0 amide bonds. The molecule has 180 valence electrons. The van der Waals surface area contributed by atoms with Crippen LogP contribution in [0.3, 0.4) is 0 Å². The second-order valence-electron chi connectivity index (χ2n) is 9.56. The van der Waals surface area contributed by atoms with E-state index in [0.29, 0.717) is 22.0 Å². The summed E-state index contributed by atoms with van der Waals surface area (Å²) < 4.78 is 1.41. The van der Waals surface area contributed by atoms with Crippen LogP contribution in [0.15, 0.2) is 65.1 Å². The molecular formula is C27H30ClN3O3-2. The quantitative estimate of drug-likeness (QED) is 0.624. The summed E-state index contributed by atoms with van der Waals surface area (Å²) in [5.74, 6) is -1.57. The molecule has 6 nitrogen and oxygen atoms in total. The van der Waals surface area contributed by atoms with E-state index in [0.717, 1.165) is 16.9 Å². The number of likely N-dealkylation sites (N-methyl/N-ethyl adjacent to an activating group) is 1. The van der Waals surface area contributed by atoms with Crippen LogP contribution in [0.1, 0.15) is 44.0 Å². The Balaban J connectivity index is 0.00000274. The second kappa shape index (κ2) is 8.45. The van der Waals surface area contributed by atoms with E-state index in [-0.39, 0.29) is 18.4 Å². The van der Waals surface area contributed by atoms with Crippen LogP contribution < -0.4 is 20.7 Å². The SMILES string of the molecule is C.Cc1[nH]n(-c2ccccc2)c(=O)c1C1C([O-])C(C=C2N(C)c3ccc(Cl)cc3C2(C)C)C1[O-]. The molecule has 2 aliphatic rings. The molecule has 1 aliphatic heterocycles. The van der Waals surface area contributed by atoms with Crippen molar-refractivity contribution in [3.8, 4) is 5.69 Å². The molecule has 0 bridgehead atoms. The molecule has 1 aliphatic carbocycles. The van der Waals surface area contributed by atoms with Gasteiger partial charge in [-0.25, -0.2) is 4.68 Å². The predicted octanol–water partition coefficient (Wildman–Crippen LogP) is 3.25. The zero-order valence-electron chi connectivity index (χ0n) is 19.0. The first-order valence-corrected chi connectivity index (χ1v) is 11.5. The molecule has 5 rings (SSSR count). The van der Waals surface area contributed by atoms with Gasteiger partial charge in [0.2, 0.25) is 0 Å². The average Bonchev–Trinajstić information content (AvgIpc) is 3.17. The Kier molecular flexibility index (Phi) is 6.05. The minimum absolute atomic E-state index is 0. The van der Waals surface area contributed by atoms with E-state index in [4.69, 9.17) is 11.6 Å². The van der Waals surface area contributed by atoms with Crippen molar-refractivity contribution in [3.63, 3.8) is 0 Å². The standard InChI is InChI=1S/C26H26ClN3O3.CH4/c1-14-21(25(33)30(28-14)16-8-6-5-7-9-16)22-23(31)17(24(22)32)13-20-26(2,3)18-12-15(27)10-11-19(18)29(20)4;/h5-13,17,22-24,28H,1-4H3;1H4/q-2;. The topological polar surface area (TPSA) is 87.1 Å². The van der Waals surface area contributed by atoms with Crippen molar-refractivity contribution in [1.29, 1.82) is 0 Å². The fourth-order valence-electron chi connectivity index (χ4n) is 5.43. The van der Waals surface area contributed by atoms with E-state index in [1.165, 1.54) is 4.68 Å². The van der Waals surface area contributed by atoms with E-state index in [1.807, 2.05) is 54.4 Å². The monoisotopic (exact) mass is 479 g/mol. The number of aromatic nitrogens is 2. The first-order valence-electron chi connectivity index (χ1n) is 11.1. The highest BCUT2D eigenvalue weighted by Gasteiger charge is 2.43. The van der Waals surface area contributed by atoms with Crippen LogP contribution in [-0.2, 0) is 5.41 Å². The number of para-hydroxylation sites is 1. The van der Waals surface area contributed by atoms with Gasteiger partial charge >= 0.3 is 0 Å². The van der Waals surface area contributed by atoms with Crippen molar-refractivity contribution in [3.05, 3.63) is 92.5 Å². The Labute approximate surface area is 205 Å². The molecule has 3 aromatic rings. The number of halogens is 1. The summed E-state index contributed by atoms with van der Waals surface area (Å²) in [6, 6.07) is 14.9. The van der Waals surface area contributed by atoms with Crippen molar-refractivity contribution in [2.24, 2.45) is 5.92 Å². The number of rotatable bonds is 3. The Bertz CT molecular complexity index is 1300. The average molecular weight is 480 g/mol. The summed E-state index contributed by atoms with van der Waals surface area (Å²) in [5, 5.41) is 30.3. The highest BCUT2D eigenvalue weighted by Crippen LogP contribution is 2.50. The van der Waals surface area contributed by atoms with Crippen LogP contribution in [0.5, 0.6) is 0 Å². The number of anilines is 1. The van der Waals surface area contributed by atoms with Crippen molar-refractivity contribution >= 4 is 17.3 Å². The zero-order valence-corrected chi connectivity index (χ0v) is 19.8. The summed E-state index contributed by atoms with van der Waals surface area (Å²) in [6.45, 7) is 5.89. The number of nitrogens with one attached hydrogen (secondary N) is 1. The normalized spacial score (nSPS) is 26.2. The van der Waals surface area contributed by atoms with E-state index in [9.17, 15) is 15.0 Å². The predicted molar refractivity (Wildman–Crippen MR) is 133 cm³/mol. The molecule has 1 fully saturated rings. The maximum Gasteiger partial charge on any atom is 0.274 e. The lowest BCUT2D eigenvalue weighted by molar-refractivity contribution is -0.543. The largest absolute Gasteiger partial charge is 0.851 e. The number of nitrogens with zero attached hydrogens (tertiary/aromatic N) is 2. The molecule has 0 radical (unpaired) electrons. The van der Waals surface area contributed by atoms with Gasteiger partial charge in [-0.2, -0.15) is 0 Å². The van der Waals surface area contributed by atoms with Gasteiger partial charge < -0.3 is 15.1 Å². The van der Waals surface area contributed by atoms with Crippen molar-refractivity contribution in [2.75, 3.05) is 11.9 Å². The number of allylic oxidation sites excluding steroid dienone is 1. The Morgan fingerprint density at radius 1 is 1.09 bits per heavy atom. The number of hydrogen-bond donors (Lipinski definition) is 1. The van der Waals surface area contributed by atoms with Crippen LogP contribution in [0.4, 0.5) is 5.69 Å². The molecule has 1 saturated carbocycles. The molecular weight excluding hydrogens is 450 g/mol. The molecule has 1 aromatic heterocycles. The molecule has 0 spiro atoms. The first-order chi connectivity index (χ1) is 15.6. The van der Waals surface area contributed by atoms with Crippen LogP contribution in [0.2, 0.25) is 5.02 Å². The zero-order chi connectivity index (χ0) is 23.7. The van der Waals surface area contributed by atoms with Crippen LogP contribution in [-0.4, -0.2) is 29.0 Å². The van der Waals surface area contributed by atoms with Gasteiger partial charge in [0.1, 0.15) is 0 Å². The lowest BCUT2D eigenvalue weighted by atomic mass is 9.65. The van der Waals surface area contributed by atoms with Crippen molar-refractivity contribution in [1.82, 2.24) is 9.78 Å². The number of aryl methyl sites for hydroxylation is 1. The molecule has 2 aromatic carbocycles. The number of fused-ring (bicyclic) bond motifs is 1. The summed E-state index contributed by atoms with van der Waals surface area (Å²) in [7, 11) is 1.94. The van der Waals surface area contributed by atoms with Gasteiger partial charge in [0, 0.05) is 40.1 Å². The molecule has 2 heterocycles. The molecule has 2 atom stereocenters. The van der Waals surface area contributed by atoms with Gasteiger partial charge in [0.25, 0.3) is 5.56 Å². The first kappa shape index (κ1) is 24.3. The van der Waals surface area contributed by atoms with E-state index >= 15 is 0 Å². The maximum absolute atomic E-state index is 13.3. The van der Waals surface area contributed by atoms with E-state index in [2.05, 4.69) is 18.9 Å². The number of hydrogen-bond acceptors (Lipinski definition) is 4. The van der Waals surface area contributed by atoms with Crippen molar-refractivity contribution < 1.29 is 10.2 Å². The highest BCUT2D eigenvalue weighted by molar-refractivity contribution is 6.30. The van der Waals surface area contributed by atoms with Gasteiger partial charge in [-0.05, 0) is 54.7 Å². The lowest BCUT2D eigenvalue weighted by Gasteiger charge is -2.60. The molecule has 1 N–H and O–H groups in total. The summed E-state index contributed by atoms with van der Waals surface area (Å²) >= 11 is 6.23. The third-order valence-electron chi connectivity index (χ3n) is 7.28. The van der Waals surface area contributed by atoms with Gasteiger partial charge in [-0.15, -0.1) is 12.2 Å². The molecule has 2 unspecified atom stereocenters. The van der Waals surface area contributed by atoms with Crippen LogP contribution in [0, 0.1) is 12.8 Å². The Morgan fingerprint density at radius 2 is 1.74 bits per heavy atom. The molecule has 7 heteroatoms. The van der Waals surface area contributed by atoms with Gasteiger partial charge in [0.15, 0.2) is 0 Å². The van der Waals surface area contributed by atoms with Gasteiger partial charge in [0.05, 0.1) is 5.69 Å². The number of H-pyrrole nitrogens is 1. The minimum atomic E-state index is -1.18. The summed E-state index contributed by atoms with van der Waals surface area (Å²) in [5.41, 5.74) is 3.84. The number of aromatic amines is 1. The fourth-order valence-corrected chi connectivity index (χ4v) is 5.60. The van der Waals surface area contributed by atoms with Crippen LogP contribution in [0.25, 0.3) is 5.69 Å². The smallest absolute Gasteiger partial charge is 0.274 e. The summed E-state index contributed by atoms with van der Waals surface area (Å²) in [6.07, 6.45) is -0.525. The van der Waals surface area contributed by atoms with E-state index in [1.54, 1.807) is 19.1 Å². The highest BCUT2D eigenvalue weighted by atomic mass is 35.5. The van der Waals surface area contributed by atoms with Crippen LogP contribution >= 0.6 is 11.6 Å².